The Balaban J connectivity index is 1.90. The summed E-state index contributed by atoms with van der Waals surface area (Å²) >= 11 is 6.22. The second-order valence-corrected chi connectivity index (χ2v) is 7.72. The molecule has 9 heteroatoms. The third kappa shape index (κ3) is 3.07. The third-order valence-corrected chi connectivity index (χ3v) is 6.31. The molecule has 1 aliphatic rings. The Kier molecular flexibility index (Phi) is 4.30. The summed E-state index contributed by atoms with van der Waals surface area (Å²) in [5.74, 6) is 0. The van der Waals surface area contributed by atoms with Gasteiger partial charge in [-0.3, -0.25) is 4.72 Å². The van der Waals surface area contributed by atoms with E-state index in [9.17, 15) is 8.42 Å². The van der Waals surface area contributed by atoms with Crippen molar-refractivity contribution in [3.05, 3.63) is 30.6 Å². The molecule has 1 fully saturated rings. The Bertz CT molecular complexity index is 735. The fraction of sp³-hybridized carbons (Fsp3) is 0.462. The van der Waals surface area contributed by atoms with E-state index in [0.29, 0.717) is 17.8 Å². The van der Waals surface area contributed by atoms with Crippen LogP contribution in [0.2, 0.25) is 0 Å². The number of hydrogen-bond donors (Lipinski definition) is 1. The largest absolute Gasteiger partial charge is 0.281 e. The quantitative estimate of drug-likeness (QED) is 0.858. The Morgan fingerprint density at radius 3 is 2.73 bits per heavy atom. The van der Waals surface area contributed by atoms with E-state index in [4.69, 9.17) is 11.6 Å². The molecule has 1 aromatic carbocycles. The van der Waals surface area contributed by atoms with Crippen molar-refractivity contribution in [1.29, 1.82) is 0 Å². The molecule has 1 N–H and O–H groups in total. The molecular weight excluding hydrogens is 326 g/mol. The summed E-state index contributed by atoms with van der Waals surface area (Å²) in [6.45, 7) is 0. The lowest BCUT2D eigenvalue weighted by atomic mass is 10.00. The molecule has 0 saturated heterocycles. The Labute approximate surface area is 133 Å². The number of sulfonamides is 1. The molecule has 2 atom stereocenters. The highest BCUT2D eigenvalue weighted by molar-refractivity contribution is 7.93. The number of alkyl halides is 1. The van der Waals surface area contributed by atoms with E-state index in [0.717, 1.165) is 19.3 Å². The molecule has 0 bridgehead atoms. The first-order valence-corrected chi connectivity index (χ1v) is 9.04. The van der Waals surface area contributed by atoms with E-state index in [1.807, 2.05) is 0 Å². The minimum atomic E-state index is -3.56. The minimum absolute atomic E-state index is 0.355. The first-order chi connectivity index (χ1) is 10.6. The first-order valence-electron chi connectivity index (χ1n) is 7.06. The number of nitrogens with one attached hydrogen (secondary N) is 1. The number of halogens is 1. The predicted octanol–water partition coefficient (Wildman–Crippen LogP) is 1.95. The van der Waals surface area contributed by atoms with Gasteiger partial charge in [0, 0.05) is 0 Å². The highest BCUT2D eigenvalue weighted by atomic mass is 35.5. The summed E-state index contributed by atoms with van der Waals surface area (Å²) in [6.07, 6.45) is 4.57. The molecule has 118 valence electrons. The first kappa shape index (κ1) is 15.2. The van der Waals surface area contributed by atoms with Gasteiger partial charge in [0.15, 0.2) is 0 Å². The second-order valence-electron chi connectivity index (χ2n) is 5.26. The molecule has 1 aliphatic carbocycles. The van der Waals surface area contributed by atoms with E-state index in [2.05, 4.69) is 20.2 Å². The van der Waals surface area contributed by atoms with Gasteiger partial charge >= 0.3 is 0 Å². The molecule has 0 radical (unpaired) electrons. The molecule has 3 rings (SSSR count). The standard InChI is InChI=1S/C13H16ClN5O2S/c14-10-5-1-4-8-13(10)22(20,21)16-11-6-2-3-7-12(11)19-9-15-17-18-19/h2-3,6-7,9-10,13,16H,1,4-5,8H2/t10-,13-/m0/s1. The van der Waals surface area contributed by atoms with Crippen molar-refractivity contribution in [1.82, 2.24) is 20.2 Å². The van der Waals surface area contributed by atoms with E-state index < -0.39 is 15.3 Å². The van der Waals surface area contributed by atoms with Crippen molar-refractivity contribution in [2.24, 2.45) is 0 Å². The molecule has 0 amide bonds. The van der Waals surface area contributed by atoms with Gasteiger partial charge in [-0.2, -0.15) is 4.68 Å². The maximum absolute atomic E-state index is 12.6. The topological polar surface area (TPSA) is 89.8 Å². The SMILES string of the molecule is O=S(=O)(Nc1ccccc1-n1cnnn1)[C@H]1CCCC[C@@H]1Cl. The number of benzene rings is 1. The van der Waals surface area contributed by atoms with Crippen LogP contribution in [0.4, 0.5) is 5.69 Å². The van der Waals surface area contributed by atoms with E-state index >= 15 is 0 Å². The molecular formula is C13H16ClN5O2S. The van der Waals surface area contributed by atoms with Gasteiger partial charge in [-0.05, 0) is 35.4 Å². The maximum Gasteiger partial charge on any atom is 0.237 e. The molecule has 7 nitrogen and oxygen atoms in total. The van der Waals surface area contributed by atoms with E-state index in [-0.39, 0.29) is 5.38 Å². The number of anilines is 1. The van der Waals surface area contributed by atoms with Gasteiger partial charge in [0.2, 0.25) is 10.0 Å². The predicted molar refractivity (Wildman–Crippen MR) is 83.6 cm³/mol. The van der Waals surface area contributed by atoms with E-state index in [1.165, 1.54) is 11.0 Å². The Morgan fingerprint density at radius 2 is 2.00 bits per heavy atom. The summed E-state index contributed by atoms with van der Waals surface area (Å²) in [6, 6.07) is 6.97. The molecule has 0 spiro atoms. The van der Waals surface area contributed by atoms with Crippen LogP contribution >= 0.6 is 11.6 Å². The molecule has 1 heterocycles. The summed E-state index contributed by atoms with van der Waals surface area (Å²) < 4.78 is 29.3. The molecule has 2 aromatic rings. The summed E-state index contributed by atoms with van der Waals surface area (Å²) in [5.41, 5.74) is 1.00. The minimum Gasteiger partial charge on any atom is -0.281 e. The summed E-state index contributed by atoms with van der Waals surface area (Å²) in [5, 5.41) is 10.0. The fourth-order valence-electron chi connectivity index (χ4n) is 2.66. The van der Waals surface area contributed by atoms with Crippen molar-refractivity contribution in [2.45, 2.75) is 36.3 Å². The second kappa shape index (κ2) is 6.21. The van der Waals surface area contributed by atoms with Gasteiger partial charge in [0.25, 0.3) is 0 Å². The van der Waals surface area contributed by atoms with Crippen molar-refractivity contribution in [3.8, 4) is 5.69 Å². The Morgan fingerprint density at radius 1 is 1.23 bits per heavy atom. The van der Waals surface area contributed by atoms with Gasteiger partial charge in [-0.25, -0.2) is 8.42 Å². The molecule has 1 saturated carbocycles. The van der Waals surface area contributed by atoms with Crippen molar-refractivity contribution < 1.29 is 8.42 Å². The van der Waals surface area contributed by atoms with Crippen LogP contribution in [0.1, 0.15) is 25.7 Å². The maximum atomic E-state index is 12.6. The van der Waals surface area contributed by atoms with Crippen LogP contribution in [0.25, 0.3) is 5.69 Å². The van der Waals surface area contributed by atoms with Crippen molar-refractivity contribution in [3.63, 3.8) is 0 Å². The van der Waals surface area contributed by atoms with Crippen LogP contribution < -0.4 is 4.72 Å². The molecule has 0 aliphatic heterocycles. The van der Waals surface area contributed by atoms with Crippen LogP contribution in [0, 0.1) is 0 Å². The fourth-order valence-corrected chi connectivity index (χ4v) is 4.98. The smallest absolute Gasteiger partial charge is 0.237 e. The highest BCUT2D eigenvalue weighted by Crippen LogP contribution is 2.30. The van der Waals surface area contributed by atoms with Gasteiger partial charge < -0.3 is 0 Å². The van der Waals surface area contributed by atoms with Gasteiger partial charge in [-0.15, -0.1) is 16.7 Å². The summed E-state index contributed by atoms with van der Waals surface area (Å²) in [7, 11) is -3.56. The zero-order chi connectivity index (χ0) is 15.6. The lowest BCUT2D eigenvalue weighted by Gasteiger charge is -2.27. The van der Waals surface area contributed by atoms with Crippen LogP contribution in [0.15, 0.2) is 30.6 Å². The zero-order valence-corrected chi connectivity index (χ0v) is 13.3. The van der Waals surface area contributed by atoms with Gasteiger partial charge in [-0.1, -0.05) is 25.0 Å². The number of aromatic nitrogens is 4. The van der Waals surface area contributed by atoms with Gasteiger partial charge in [0.05, 0.1) is 22.0 Å². The van der Waals surface area contributed by atoms with E-state index in [1.54, 1.807) is 24.3 Å². The van der Waals surface area contributed by atoms with Crippen molar-refractivity contribution >= 4 is 27.3 Å². The number of nitrogens with zero attached hydrogens (tertiary/aromatic N) is 4. The average Bonchev–Trinajstić information content (AvgIpc) is 3.02. The van der Waals surface area contributed by atoms with Gasteiger partial charge in [0.1, 0.15) is 6.33 Å². The van der Waals surface area contributed by atoms with Crippen LogP contribution in [-0.2, 0) is 10.0 Å². The Hall–Kier alpha value is -1.67. The lowest BCUT2D eigenvalue weighted by molar-refractivity contribution is 0.491. The van der Waals surface area contributed by atoms with Crippen LogP contribution in [0.3, 0.4) is 0 Å². The third-order valence-electron chi connectivity index (χ3n) is 3.77. The van der Waals surface area contributed by atoms with Crippen molar-refractivity contribution in [2.75, 3.05) is 4.72 Å². The number of para-hydroxylation sites is 2. The normalized spacial score (nSPS) is 22.4. The number of tetrazole rings is 1. The monoisotopic (exact) mass is 341 g/mol. The highest BCUT2D eigenvalue weighted by Gasteiger charge is 2.34. The average molecular weight is 342 g/mol. The lowest BCUT2D eigenvalue weighted by Crippen LogP contribution is -2.37. The molecule has 1 aromatic heterocycles. The molecule has 0 unspecified atom stereocenters. The molecule has 22 heavy (non-hydrogen) atoms. The van der Waals surface area contributed by atoms with Crippen LogP contribution in [0.5, 0.6) is 0 Å². The number of rotatable bonds is 4. The van der Waals surface area contributed by atoms with Crippen LogP contribution in [-0.4, -0.2) is 39.3 Å². The summed E-state index contributed by atoms with van der Waals surface area (Å²) in [4.78, 5) is 0. The zero-order valence-electron chi connectivity index (χ0n) is 11.8. The number of hydrogen-bond acceptors (Lipinski definition) is 5.